The van der Waals surface area contributed by atoms with Crippen LogP contribution in [-0.2, 0) is 0 Å². The van der Waals surface area contributed by atoms with E-state index in [1.54, 1.807) is 0 Å². The van der Waals surface area contributed by atoms with E-state index in [0.29, 0.717) is 6.54 Å². The summed E-state index contributed by atoms with van der Waals surface area (Å²) in [6, 6.07) is 0. The second-order valence-corrected chi connectivity index (χ2v) is 2.81. The molecule has 0 atom stereocenters. The third-order valence-corrected chi connectivity index (χ3v) is 1.79. The van der Waals surface area contributed by atoms with Gasteiger partial charge in [0, 0.05) is 0 Å². The van der Waals surface area contributed by atoms with E-state index in [-0.39, 0.29) is 5.84 Å². The topological polar surface area (TPSA) is 61.8 Å². The van der Waals surface area contributed by atoms with Gasteiger partial charge < -0.3 is 10.9 Å². The van der Waals surface area contributed by atoms with Crippen molar-refractivity contribution in [2.45, 2.75) is 26.7 Å². The molecule has 0 radical (unpaired) electrons. The lowest BCUT2D eigenvalue weighted by atomic mass is 10.3. The molecule has 0 aliphatic heterocycles. The number of amidine groups is 1. The second-order valence-electron chi connectivity index (χ2n) is 2.81. The van der Waals surface area contributed by atoms with E-state index >= 15 is 0 Å². The number of rotatable bonds is 6. The van der Waals surface area contributed by atoms with Crippen LogP contribution in [-0.4, -0.2) is 35.6 Å². The van der Waals surface area contributed by atoms with Crippen molar-refractivity contribution >= 4 is 5.84 Å². The smallest absolute Gasteiger partial charge is 0.153 e. The predicted octanol–water partition coefficient (Wildman–Crippen LogP) is 0.855. The first-order valence-corrected chi connectivity index (χ1v) is 4.43. The minimum Gasteiger partial charge on any atom is -0.409 e. The average molecular weight is 173 g/mol. The van der Waals surface area contributed by atoms with Crippen molar-refractivity contribution in [3.05, 3.63) is 0 Å². The molecular formula is C8H19N3O. The summed E-state index contributed by atoms with van der Waals surface area (Å²) >= 11 is 0. The number of unbranched alkanes of at least 4 members (excludes halogenated alkanes) is 1. The maximum atomic E-state index is 8.34. The highest BCUT2D eigenvalue weighted by Gasteiger charge is 2.03. The normalized spacial score (nSPS) is 12.4. The van der Waals surface area contributed by atoms with Gasteiger partial charge in [-0.05, 0) is 19.5 Å². The van der Waals surface area contributed by atoms with Gasteiger partial charge in [-0.3, -0.25) is 4.90 Å². The van der Waals surface area contributed by atoms with Crippen molar-refractivity contribution in [3.63, 3.8) is 0 Å². The van der Waals surface area contributed by atoms with Gasteiger partial charge in [0.05, 0.1) is 6.54 Å². The minimum atomic E-state index is 0.285. The Kier molecular flexibility index (Phi) is 6.47. The number of nitrogens with zero attached hydrogens (tertiary/aromatic N) is 2. The Morgan fingerprint density at radius 1 is 1.50 bits per heavy atom. The van der Waals surface area contributed by atoms with E-state index in [4.69, 9.17) is 10.9 Å². The maximum absolute atomic E-state index is 8.34. The van der Waals surface area contributed by atoms with E-state index < -0.39 is 0 Å². The van der Waals surface area contributed by atoms with E-state index in [9.17, 15) is 0 Å². The highest BCUT2D eigenvalue weighted by Crippen LogP contribution is 1.93. The number of oxime groups is 1. The van der Waals surface area contributed by atoms with Gasteiger partial charge in [0.2, 0.25) is 0 Å². The molecular weight excluding hydrogens is 154 g/mol. The lowest BCUT2D eigenvalue weighted by Gasteiger charge is -2.18. The summed E-state index contributed by atoms with van der Waals surface area (Å²) in [6.07, 6.45) is 2.33. The van der Waals surface area contributed by atoms with Crippen LogP contribution in [0.3, 0.4) is 0 Å². The Bertz CT molecular complexity index is 136. The number of likely N-dealkylation sites (N-methyl/N-ethyl adjacent to an activating group) is 1. The largest absolute Gasteiger partial charge is 0.409 e. The van der Waals surface area contributed by atoms with Gasteiger partial charge in [0.25, 0.3) is 0 Å². The summed E-state index contributed by atoms with van der Waals surface area (Å²) in [5.41, 5.74) is 5.38. The average Bonchev–Trinajstić information content (AvgIpc) is 2.11. The van der Waals surface area contributed by atoms with Crippen LogP contribution < -0.4 is 5.73 Å². The summed E-state index contributed by atoms with van der Waals surface area (Å²) < 4.78 is 0. The van der Waals surface area contributed by atoms with Gasteiger partial charge in [-0.15, -0.1) is 0 Å². The fraction of sp³-hybridized carbons (Fsp3) is 0.875. The zero-order valence-electron chi connectivity index (χ0n) is 7.95. The Morgan fingerprint density at radius 2 is 2.17 bits per heavy atom. The van der Waals surface area contributed by atoms with Gasteiger partial charge in [-0.2, -0.15) is 0 Å². The Morgan fingerprint density at radius 3 is 2.58 bits per heavy atom. The zero-order chi connectivity index (χ0) is 9.40. The van der Waals surface area contributed by atoms with Crippen LogP contribution in [0.4, 0.5) is 0 Å². The van der Waals surface area contributed by atoms with Crippen LogP contribution >= 0.6 is 0 Å². The summed E-state index contributed by atoms with van der Waals surface area (Å²) in [6.45, 7) is 6.74. The van der Waals surface area contributed by atoms with Crippen molar-refractivity contribution in [2.24, 2.45) is 10.9 Å². The van der Waals surface area contributed by atoms with Crippen LogP contribution in [0.2, 0.25) is 0 Å². The van der Waals surface area contributed by atoms with Crippen LogP contribution in [0.25, 0.3) is 0 Å². The fourth-order valence-corrected chi connectivity index (χ4v) is 0.991. The summed E-state index contributed by atoms with van der Waals surface area (Å²) in [5, 5.41) is 11.3. The molecule has 0 fully saturated rings. The molecule has 12 heavy (non-hydrogen) atoms. The van der Waals surface area contributed by atoms with Gasteiger partial charge >= 0.3 is 0 Å². The van der Waals surface area contributed by atoms with Gasteiger partial charge in [-0.25, -0.2) is 0 Å². The van der Waals surface area contributed by atoms with Gasteiger partial charge in [0.1, 0.15) is 0 Å². The quantitative estimate of drug-likeness (QED) is 0.271. The van der Waals surface area contributed by atoms with Gasteiger partial charge in [0.15, 0.2) is 5.84 Å². The molecule has 0 saturated carbocycles. The van der Waals surface area contributed by atoms with E-state index in [2.05, 4.69) is 23.9 Å². The number of hydrogen-bond donors (Lipinski definition) is 2. The highest BCUT2D eigenvalue weighted by molar-refractivity contribution is 5.81. The Balaban J connectivity index is 3.67. The zero-order valence-corrected chi connectivity index (χ0v) is 7.95. The molecule has 0 spiro atoms. The lowest BCUT2D eigenvalue weighted by molar-refractivity contribution is 0.296. The van der Waals surface area contributed by atoms with Crippen LogP contribution in [0.15, 0.2) is 5.16 Å². The van der Waals surface area contributed by atoms with Crippen LogP contribution in [0, 0.1) is 0 Å². The molecule has 0 heterocycles. The van der Waals surface area contributed by atoms with Gasteiger partial charge in [-0.1, -0.05) is 25.4 Å². The first kappa shape index (κ1) is 11.2. The van der Waals surface area contributed by atoms with Crippen LogP contribution in [0.5, 0.6) is 0 Å². The number of hydrogen-bond acceptors (Lipinski definition) is 3. The maximum Gasteiger partial charge on any atom is 0.153 e. The standard InChI is InChI=1S/C8H19N3O/c1-3-5-6-11(4-2)7-8(9)10-12/h12H,3-7H2,1-2H3,(H2,9,10). The van der Waals surface area contributed by atoms with Crippen molar-refractivity contribution < 1.29 is 5.21 Å². The molecule has 0 aliphatic rings. The minimum absolute atomic E-state index is 0.285. The monoisotopic (exact) mass is 173 g/mol. The van der Waals surface area contributed by atoms with E-state index in [0.717, 1.165) is 19.5 Å². The molecule has 0 aromatic carbocycles. The highest BCUT2D eigenvalue weighted by atomic mass is 16.4. The first-order chi connectivity index (χ1) is 5.74. The van der Waals surface area contributed by atoms with Crippen molar-refractivity contribution in [2.75, 3.05) is 19.6 Å². The third kappa shape index (κ3) is 4.96. The molecule has 0 aromatic rings. The first-order valence-electron chi connectivity index (χ1n) is 4.43. The summed E-state index contributed by atoms with van der Waals surface area (Å²) in [5.74, 6) is 0.285. The molecule has 4 nitrogen and oxygen atoms in total. The summed E-state index contributed by atoms with van der Waals surface area (Å²) in [4.78, 5) is 2.15. The Hall–Kier alpha value is -0.770. The predicted molar refractivity (Wildman–Crippen MR) is 50.4 cm³/mol. The molecule has 4 heteroatoms. The third-order valence-electron chi connectivity index (χ3n) is 1.79. The lowest BCUT2D eigenvalue weighted by Crippen LogP contribution is -2.34. The fourth-order valence-electron chi connectivity index (χ4n) is 0.991. The SMILES string of the molecule is CCCCN(CC)C/C(N)=N/O. The molecule has 3 N–H and O–H groups in total. The van der Waals surface area contributed by atoms with Crippen LogP contribution in [0.1, 0.15) is 26.7 Å². The molecule has 72 valence electrons. The molecule has 0 unspecified atom stereocenters. The number of nitrogens with two attached hydrogens (primary N) is 1. The molecule has 0 rings (SSSR count). The second kappa shape index (κ2) is 6.91. The molecule has 0 aliphatic carbocycles. The van der Waals surface area contributed by atoms with Crippen molar-refractivity contribution in [3.8, 4) is 0 Å². The van der Waals surface area contributed by atoms with Crippen molar-refractivity contribution in [1.82, 2.24) is 4.90 Å². The molecule has 0 amide bonds. The van der Waals surface area contributed by atoms with Crippen molar-refractivity contribution in [1.29, 1.82) is 0 Å². The van der Waals surface area contributed by atoms with E-state index in [1.807, 2.05) is 0 Å². The molecule has 0 saturated heterocycles. The molecule has 0 bridgehead atoms. The Labute approximate surface area is 74.0 Å². The summed E-state index contributed by atoms with van der Waals surface area (Å²) in [7, 11) is 0. The van der Waals surface area contributed by atoms with E-state index in [1.165, 1.54) is 6.42 Å². The molecule has 0 aromatic heterocycles.